The molecule has 0 radical (unpaired) electrons. The number of hydrogen-bond acceptors (Lipinski definition) is 2. The second kappa shape index (κ2) is 5.57. The van der Waals surface area contributed by atoms with E-state index in [1.54, 1.807) is 23.1 Å². The van der Waals surface area contributed by atoms with Gasteiger partial charge in [-0.05, 0) is 39.0 Å². The lowest BCUT2D eigenvalue weighted by molar-refractivity contribution is 0.0613. The van der Waals surface area contributed by atoms with Crippen LogP contribution in [-0.4, -0.2) is 28.0 Å². The van der Waals surface area contributed by atoms with Crippen LogP contribution in [0.25, 0.3) is 0 Å². The molecule has 0 aliphatic carbocycles. The van der Waals surface area contributed by atoms with Crippen molar-refractivity contribution in [3.05, 3.63) is 40.9 Å². The summed E-state index contributed by atoms with van der Waals surface area (Å²) < 4.78 is 0.738. The molecule has 3 nitrogen and oxygen atoms in total. The zero-order valence-corrected chi connectivity index (χ0v) is 12.5. The Hall–Kier alpha value is -1.29. The first-order valence-electron chi connectivity index (χ1n) is 5.68. The number of aromatic hydroxyl groups is 1. The van der Waals surface area contributed by atoms with Gasteiger partial charge in [-0.2, -0.15) is 0 Å². The fourth-order valence-corrected chi connectivity index (χ4v) is 1.97. The normalized spacial score (nSPS) is 11.1. The van der Waals surface area contributed by atoms with Gasteiger partial charge in [0.15, 0.2) is 0 Å². The lowest BCUT2D eigenvalue weighted by Gasteiger charge is -2.35. The summed E-state index contributed by atoms with van der Waals surface area (Å²) in [6.45, 7) is 9.95. The highest BCUT2D eigenvalue weighted by Gasteiger charge is 2.27. The molecule has 98 valence electrons. The molecule has 1 N–H and O–H groups in total. The average molecular weight is 312 g/mol. The van der Waals surface area contributed by atoms with Crippen LogP contribution in [0.15, 0.2) is 35.3 Å². The van der Waals surface area contributed by atoms with Crippen LogP contribution in [0, 0.1) is 0 Å². The summed E-state index contributed by atoms with van der Waals surface area (Å²) in [7, 11) is 0. The lowest BCUT2D eigenvalue weighted by Crippen LogP contribution is -2.45. The Kier molecular flexibility index (Phi) is 4.57. The number of nitrogens with zero attached hydrogens (tertiary/aromatic N) is 1. The van der Waals surface area contributed by atoms with Crippen molar-refractivity contribution in [2.45, 2.75) is 26.3 Å². The average Bonchev–Trinajstić information content (AvgIpc) is 2.23. The molecule has 1 amide bonds. The van der Waals surface area contributed by atoms with Crippen molar-refractivity contribution in [2.75, 3.05) is 6.54 Å². The van der Waals surface area contributed by atoms with Crippen LogP contribution in [0.1, 0.15) is 31.1 Å². The molecule has 0 fully saturated rings. The number of carbonyl (C=O) groups excluding carboxylic acids is 1. The minimum absolute atomic E-state index is 0.0207. The van der Waals surface area contributed by atoms with E-state index in [9.17, 15) is 9.90 Å². The monoisotopic (exact) mass is 311 g/mol. The molecule has 0 spiro atoms. The van der Waals surface area contributed by atoms with Crippen LogP contribution in [0.2, 0.25) is 0 Å². The number of phenols is 1. The van der Waals surface area contributed by atoms with Crippen molar-refractivity contribution in [3.63, 3.8) is 0 Å². The zero-order valence-electron chi connectivity index (χ0n) is 10.9. The highest BCUT2D eigenvalue weighted by molar-refractivity contribution is 9.10. The first-order valence-corrected chi connectivity index (χ1v) is 6.48. The van der Waals surface area contributed by atoms with Gasteiger partial charge in [0.05, 0.1) is 5.56 Å². The van der Waals surface area contributed by atoms with Crippen molar-refractivity contribution in [2.24, 2.45) is 0 Å². The lowest BCUT2D eigenvalue weighted by atomic mass is 10.0. The van der Waals surface area contributed by atoms with Crippen molar-refractivity contribution >= 4 is 21.8 Å². The van der Waals surface area contributed by atoms with Gasteiger partial charge in [-0.15, -0.1) is 6.58 Å². The summed E-state index contributed by atoms with van der Waals surface area (Å²) in [5.41, 5.74) is -0.0277. The smallest absolute Gasteiger partial charge is 0.258 e. The highest BCUT2D eigenvalue weighted by atomic mass is 79.9. The van der Waals surface area contributed by atoms with Crippen LogP contribution in [0.5, 0.6) is 5.75 Å². The van der Waals surface area contributed by atoms with Crippen LogP contribution in [-0.2, 0) is 0 Å². The van der Waals surface area contributed by atoms with E-state index in [1.165, 1.54) is 6.07 Å². The maximum absolute atomic E-state index is 12.4. The molecule has 0 saturated heterocycles. The third-order valence-electron chi connectivity index (χ3n) is 2.56. The van der Waals surface area contributed by atoms with Gasteiger partial charge < -0.3 is 10.0 Å². The maximum atomic E-state index is 12.4. The van der Waals surface area contributed by atoms with Crippen molar-refractivity contribution in [1.29, 1.82) is 0 Å². The number of benzene rings is 1. The Balaban J connectivity index is 3.14. The molecule has 4 heteroatoms. The molecule has 0 atom stereocenters. The van der Waals surface area contributed by atoms with Gasteiger partial charge in [0.1, 0.15) is 5.75 Å². The molecule has 0 aromatic heterocycles. The van der Waals surface area contributed by atoms with E-state index in [-0.39, 0.29) is 17.2 Å². The van der Waals surface area contributed by atoms with Gasteiger partial charge in [-0.3, -0.25) is 4.79 Å². The molecule has 0 aliphatic heterocycles. The molecule has 0 saturated carbocycles. The SMILES string of the molecule is C=CCN(C(=O)c1ccc(Br)cc1O)C(C)(C)C. The van der Waals surface area contributed by atoms with E-state index in [0.29, 0.717) is 12.1 Å². The van der Waals surface area contributed by atoms with Crippen molar-refractivity contribution in [1.82, 2.24) is 4.90 Å². The van der Waals surface area contributed by atoms with E-state index < -0.39 is 0 Å². The van der Waals surface area contributed by atoms with E-state index >= 15 is 0 Å². The number of carbonyl (C=O) groups is 1. The third kappa shape index (κ3) is 3.35. The summed E-state index contributed by atoms with van der Waals surface area (Å²) in [5, 5.41) is 9.84. The Bertz CT molecular complexity index is 463. The third-order valence-corrected chi connectivity index (χ3v) is 3.05. The fraction of sp³-hybridized carbons (Fsp3) is 0.357. The van der Waals surface area contributed by atoms with Crippen LogP contribution in [0.4, 0.5) is 0 Å². The number of phenolic OH excluding ortho intramolecular Hbond substituents is 1. The topological polar surface area (TPSA) is 40.5 Å². The predicted octanol–water partition coefficient (Wildman–Crippen LogP) is 3.58. The first-order chi connectivity index (χ1) is 8.27. The minimum Gasteiger partial charge on any atom is -0.507 e. The summed E-state index contributed by atoms with van der Waals surface area (Å²) in [5.74, 6) is -0.222. The molecular formula is C14H18BrNO2. The fourth-order valence-electron chi connectivity index (χ4n) is 1.62. The van der Waals surface area contributed by atoms with E-state index in [2.05, 4.69) is 22.5 Å². The predicted molar refractivity (Wildman–Crippen MR) is 76.8 cm³/mol. The number of hydrogen-bond donors (Lipinski definition) is 1. The van der Waals surface area contributed by atoms with Gasteiger partial charge >= 0.3 is 0 Å². The van der Waals surface area contributed by atoms with Gasteiger partial charge in [-0.1, -0.05) is 22.0 Å². The second-order valence-electron chi connectivity index (χ2n) is 5.04. The van der Waals surface area contributed by atoms with Crippen LogP contribution < -0.4 is 0 Å². The zero-order chi connectivity index (χ0) is 13.9. The molecule has 1 aromatic rings. The van der Waals surface area contributed by atoms with Crippen molar-refractivity contribution in [3.8, 4) is 5.75 Å². The molecule has 0 aliphatic rings. The molecule has 0 bridgehead atoms. The van der Waals surface area contributed by atoms with Crippen LogP contribution >= 0.6 is 15.9 Å². The number of rotatable bonds is 3. The first kappa shape index (κ1) is 14.8. The Morgan fingerprint density at radius 2 is 2.11 bits per heavy atom. The summed E-state index contributed by atoms with van der Waals surface area (Å²) in [6, 6.07) is 4.87. The molecular weight excluding hydrogens is 294 g/mol. The van der Waals surface area contributed by atoms with Gasteiger partial charge in [0.25, 0.3) is 5.91 Å². The number of halogens is 1. The largest absolute Gasteiger partial charge is 0.507 e. The Labute approximate surface area is 116 Å². The Morgan fingerprint density at radius 1 is 1.50 bits per heavy atom. The van der Waals surface area contributed by atoms with Crippen LogP contribution in [0.3, 0.4) is 0 Å². The summed E-state index contributed by atoms with van der Waals surface area (Å²) in [6.07, 6.45) is 1.68. The Morgan fingerprint density at radius 3 is 2.56 bits per heavy atom. The summed E-state index contributed by atoms with van der Waals surface area (Å²) >= 11 is 3.25. The molecule has 1 rings (SSSR count). The molecule has 0 unspecified atom stereocenters. The minimum atomic E-state index is -0.329. The van der Waals surface area contributed by atoms with Gasteiger partial charge in [0.2, 0.25) is 0 Å². The molecule has 18 heavy (non-hydrogen) atoms. The quantitative estimate of drug-likeness (QED) is 0.867. The van der Waals surface area contributed by atoms with E-state index in [4.69, 9.17) is 0 Å². The molecule has 0 heterocycles. The maximum Gasteiger partial charge on any atom is 0.258 e. The standard InChI is InChI=1S/C14H18BrNO2/c1-5-8-16(14(2,3)4)13(18)11-7-6-10(15)9-12(11)17/h5-7,9,17H,1,8H2,2-4H3. The van der Waals surface area contributed by atoms with E-state index in [1.807, 2.05) is 20.8 Å². The number of amides is 1. The van der Waals surface area contributed by atoms with E-state index in [0.717, 1.165) is 4.47 Å². The van der Waals surface area contributed by atoms with Crippen molar-refractivity contribution < 1.29 is 9.90 Å². The second-order valence-corrected chi connectivity index (χ2v) is 5.95. The van der Waals surface area contributed by atoms with Gasteiger partial charge in [0, 0.05) is 16.6 Å². The highest BCUT2D eigenvalue weighted by Crippen LogP contribution is 2.26. The van der Waals surface area contributed by atoms with Gasteiger partial charge in [-0.25, -0.2) is 0 Å². The molecule has 1 aromatic carbocycles. The summed E-state index contributed by atoms with van der Waals surface area (Å²) in [4.78, 5) is 14.1.